The monoisotopic (exact) mass is 222 g/mol. The van der Waals surface area contributed by atoms with Crippen molar-refractivity contribution in [2.75, 3.05) is 7.11 Å². The first kappa shape index (κ1) is 12.7. The van der Waals surface area contributed by atoms with Crippen LogP contribution in [0, 0.1) is 0 Å². The van der Waals surface area contributed by atoms with Gasteiger partial charge >= 0.3 is 0 Å². The summed E-state index contributed by atoms with van der Waals surface area (Å²) in [5, 5.41) is 9.06. The van der Waals surface area contributed by atoms with Crippen molar-refractivity contribution < 1.29 is 14.6 Å². The Labute approximate surface area is 96.1 Å². The number of hydrogen-bond donors (Lipinski definition) is 1. The minimum Gasteiger partial charge on any atom is -0.496 e. The van der Waals surface area contributed by atoms with Gasteiger partial charge < -0.3 is 9.84 Å². The van der Waals surface area contributed by atoms with Crippen LogP contribution in [0.4, 0.5) is 0 Å². The Morgan fingerprint density at radius 3 is 2.75 bits per heavy atom. The normalized spacial score (nSPS) is 10.2. The van der Waals surface area contributed by atoms with Crippen molar-refractivity contribution in [2.45, 2.75) is 32.8 Å². The van der Waals surface area contributed by atoms with Crippen LogP contribution in [0.3, 0.4) is 0 Å². The van der Waals surface area contributed by atoms with Gasteiger partial charge in [0.2, 0.25) is 0 Å². The van der Waals surface area contributed by atoms with E-state index in [0.29, 0.717) is 18.6 Å². The molecule has 0 spiro atoms. The van der Waals surface area contributed by atoms with Crippen molar-refractivity contribution in [1.29, 1.82) is 0 Å². The fraction of sp³-hybridized carbons (Fsp3) is 0.462. The van der Waals surface area contributed by atoms with Crippen molar-refractivity contribution in [2.24, 2.45) is 0 Å². The van der Waals surface area contributed by atoms with Crippen LogP contribution < -0.4 is 4.74 Å². The van der Waals surface area contributed by atoms with E-state index in [9.17, 15) is 4.79 Å². The van der Waals surface area contributed by atoms with Crippen LogP contribution in [0.25, 0.3) is 0 Å². The molecule has 0 atom stereocenters. The van der Waals surface area contributed by atoms with E-state index < -0.39 is 0 Å². The summed E-state index contributed by atoms with van der Waals surface area (Å²) in [5.74, 6) is 0.953. The van der Waals surface area contributed by atoms with E-state index in [4.69, 9.17) is 9.84 Å². The predicted octanol–water partition coefficient (Wildman–Crippen LogP) is 2.10. The molecule has 0 heterocycles. The average Bonchev–Trinajstić information content (AvgIpc) is 2.35. The molecule has 0 bridgehead atoms. The van der Waals surface area contributed by atoms with E-state index in [1.54, 1.807) is 7.11 Å². The molecule has 0 radical (unpaired) electrons. The van der Waals surface area contributed by atoms with Crippen LogP contribution in [0.2, 0.25) is 0 Å². The molecule has 0 saturated carbocycles. The fourth-order valence-electron chi connectivity index (χ4n) is 1.54. The molecule has 1 rings (SSSR count). The largest absolute Gasteiger partial charge is 0.496 e. The highest BCUT2D eigenvalue weighted by atomic mass is 16.5. The maximum atomic E-state index is 11.2. The molecule has 0 amide bonds. The molecule has 1 aromatic rings. The molecular formula is C13H18O3. The minimum absolute atomic E-state index is 0.0304. The Balaban J connectivity index is 2.71. The van der Waals surface area contributed by atoms with Crippen LogP contribution in [0.15, 0.2) is 18.2 Å². The van der Waals surface area contributed by atoms with Gasteiger partial charge in [-0.05, 0) is 18.1 Å². The molecule has 0 saturated heterocycles. The summed E-state index contributed by atoms with van der Waals surface area (Å²) in [5.41, 5.74) is 1.84. The highest BCUT2D eigenvalue weighted by Gasteiger charge is 2.05. The smallest absolute Gasteiger partial charge is 0.132 e. The van der Waals surface area contributed by atoms with Gasteiger partial charge in [0.05, 0.1) is 13.7 Å². The Morgan fingerprint density at radius 2 is 2.19 bits per heavy atom. The second kappa shape index (κ2) is 6.28. The number of ketones is 1. The summed E-state index contributed by atoms with van der Waals surface area (Å²) < 4.78 is 5.17. The van der Waals surface area contributed by atoms with E-state index in [-0.39, 0.29) is 12.4 Å². The summed E-state index contributed by atoms with van der Waals surface area (Å²) in [7, 11) is 1.58. The first-order valence-corrected chi connectivity index (χ1v) is 5.49. The van der Waals surface area contributed by atoms with Crippen LogP contribution >= 0.6 is 0 Å². The Morgan fingerprint density at radius 1 is 1.44 bits per heavy atom. The van der Waals surface area contributed by atoms with Gasteiger partial charge in [0.25, 0.3) is 0 Å². The lowest BCUT2D eigenvalue weighted by Crippen LogP contribution is -1.99. The third-order valence-electron chi connectivity index (χ3n) is 2.61. The third kappa shape index (κ3) is 3.35. The molecule has 3 heteroatoms. The lowest BCUT2D eigenvalue weighted by Gasteiger charge is -2.08. The molecule has 1 aromatic carbocycles. The molecule has 0 aliphatic rings. The maximum absolute atomic E-state index is 11.2. The van der Waals surface area contributed by atoms with Gasteiger partial charge in [-0.1, -0.05) is 19.1 Å². The summed E-state index contributed by atoms with van der Waals surface area (Å²) in [4.78, 5) is 11.2. The highest BCUT2D eigenvalue weighted by Crippen LogP contribution is 2.21. The van der Waals surface area contributed by atoms with E-state index >= 15 is 0 Å². The number of hydrogen-bond acceptors (Lipinski definition) is 3. The van der Waals surface area contributed by atoms with Crippen molar-refractivity contribution >= 4 is 5.78 Å². The molecular weight excluding hydrogens is 204 g/mol. The Kier molecular flexibility index (Phi) is 4.99. The number of Topliss-reactive ketones (excluding diaryl/α,β-unsaturated/α-hetero) is 1. The molecule has 0 aliphatic carbocycles. The second-order valence-electron chi connectivity index (χ2n) is 3.70. The molecule has 3 nitrogen and oxygen atoms in total. The minimum atomic E-state index is -0.0304. The van der Waals surface area contributed by atoms with Crippen LogP contribution in [0.1, 0.15) is 30.9 Å². The summed E-state index contributed by atoms with van der Waals surface area (Å²) in [6, 6.07) is 5.65. The van der Waals surface area contributed by atoms with Crippen molar-refractivity contribution in [3.8, 4) is 5.75 Å². The summed E-state index contributed by atoms with van der Waals surface area (Å²) in [6.45, 7) is 1.84. The SMILES string of the molecule is CCC(=O)CCc1ccc(CO)c(OC)c1. The van der Waals surface area contributed by atoms with Crippen LogP contribution in [0.5, 0.6) is 5.75 Å². The standard InChI is InChI=1S/C13H18O3/c1-3-12(15)7-5-10-4-6-11(9-14)13(8-10)16-2/h4,6,8,14H,3,5,7,9H2,1-2H3. The quantitative estimate of drug-likeness (QED) is 0.801. The van der Waals surface area contributed by atoms with Gasteiger partial charge in [-0.25, -0.2) is 0 Å². The van der Waals surface area contributed by atoms with Crippen molar-refractivity contribution in [3.63, 3.8) is 0 Å². The molecule has 0 aromatic heterocycles. The average molecular weight is 222 g/mol. The number of aliphatic hydroxyl groups excluding tert-OH is 1. The number of carbonyl (C=O) groups excluding carboxylic acids is 1. The lowest BCUT2D eigenvalue weighted by atomic mass is 10.0. The van der Waals surface area contributed by atoms with Crippen molar-refractivity contribution in [3.05, 3.63) is 29.3 Å². The van der Waals surface area contributed by atoms with Gasteiger partial charge in [-0.3, -0.25) is 4.79 Å². The zero-order valence-electron chi connectivity index (χ0n) is 9.82. The van der Waals surface area contributed by atoms with Gasteiger partial charge in [0, 0.05) is 18.4 Å². The summed E-state index contributed by atoms with van der Waals surface area (Å²) in [6.07, 6.45) is 1.89. The number of rotatable bonds is 6. The molecule has 88 valence electrons. The zero-order valence-corrected chi connectivity index (χ0v) is 9.82. The number of ether oxygens (including phenoxy) is 1. The lowest BCUT2D eigenvalue weighted by molar-refractivity contribution is -0.118. The second-order valence-corrected chi connectivity index (χ2v) is 3.70. The van der Waals surface area contributed by atoms with Gasteiger partial charge in [-0.15, -0.1) is 0 Å². The Bertz CT molecular complexity index is 358. The first-order chi connectivity index (χ1) is 7.71. The van der Waals surface area contributed by atoms with Crippen LogP contribution in [-0.2, 0) is 17.8 Å². The highest BCUT2D eigenvalue weighted by molar-refractivity contribution is 5.78. The molecule has 16 heavy (non-hydrogen) atoms. The number of aliphatic hydroxyl groups is 1. The topological polar surface area (TPSA) is 46.5 Å². The zero-order chi connectivity index (χ0) is 12.0. The molecule has 1 N–H and O–H groups in total. The third-order valence-corrected chi connectivity index (χ3v) is 2.61. The predicted molar refractivity (Wildman–Crippen MR) is 62.5 cm³/mol. The van der Waals surface area contributed by atoms with E-state index in [0.717, 1.165) is 17.5 Å². The van der Waals surface area contributed by atoms with Gasteiger partial charge in [-0.2, -0.15) is 0 Å². The number of benzene rings is 1. The molecule has 0 fully saturated rings. The number of carbonyl (C=O) groups is 1. The van der Waals surface area contributed by atoms with E-state index in [1.165, 1.54) is 0 Å². The fourth-order valence-corrected chi connectivity index (χ4v) is 1.54. The van der Waals surface area contributed by atoms with Crippen LogP contribution in [-0.4, -0.2) is 18.0 Å². The first-order valence-electron chi connectivity index (χ1n) is 5.49. The Hall–Kier alpha value is -1.35. The molecule has 0 unspecified atom stereocenters. The van der Waals surface area contributed by atoms with Gasteiger partial charge in [0.1, 0.15) is 11.5 Å². The van der Waals surface area contributed by atoms with Crippen molar-refractivity contribution in [1.82, 2.24) is 0 Å². The summed E-state index contributed by atoms with van der Waals surface area (Å²) >= 11 is 0. The van der Waals surface area contributed by atoms with E-state index in [1.807, 2.05) is 25.1 Å². The van der Waals surface area contributed by atoms with Gasteiger partial charge in [0.15, 0.2) is 0 Å². The molecule has 0 aliphatic heterocycles. The van der Waals surface area contributed by atoms with E-state index in [2.05, 4.69) is 0 Å². The maximum Gasteiger partial charge on any atom is 0.132 e. The number of aryl methyl sites for hydroxylation is 1. The number of methoxy groups -OCH3 is 1.